The maximum atomic E-state index is 12.7. The van der Waals surface area contributed by atoms with E-state index in [1.165, 1.54) is 11.3 Å². The van der Waals surface area contributed by atoms with Gasteiger partial charge in [-0.25, -0.2) is 0 Å². The second kappa shape index (κ2) is 8.69. The lowest BCUT2D eigenvalue weighted by Gasteiger charge is -2.31. The third-order valence-electron chi connectivity index (χ3n) is 5.17. The van der Waals surface area contributed by atoms with Gasteiger partial charge in [-0.15, -0.1) is 11.3 Å². The van der Waals surface area contributed by atoms with Crippen LogP contribution in [0, 0.1) is 19.8 Å². The molecule has 3 rings (SSSR count). The summed E-state index contributed by atoms with van der Waals surface area (Å²) in [4.78, 5) is 40.1. The molecule has 2 heterocycles. The van der Waals surface area contributed by atoms with Gasteiger partial charge in [0.1, 0.15) is 0 Å². The Morgan fingerprint density at radius 1 is 1.14 bits per heavy atom. The lowest BCUT2D eigenvalue weighted by atomic mass is 9.96. The van der Waals surface area contributed by atoms with Crippen molar-refractivity contribution in [2.75, 3.05) is 13.1 Å². The topological polar surface area (TPSA) is 63.7 Å². The minimum absolute atomic E-state index is 0.0142. The number of rotatable bonds is 5. The molecule has 0 bridgehead atoms. The number of piperidine rings is 1. The molecular formula is C22H25NO4S. The summed E-state index contributed by atoms with van der Waals surface area (Å²) >= 11 is 1.42. The predicted molar refractivity (Wildman–Crippen MR) is 109 cm³/mol. The Hall–Kier alpha value is -2.47. The van der Waals surface area contributed by atoms with Gasteiger partial charge in [0, 0.05) is 18.7 Å². The summed E-state index contributed by atoms with van der Waals surface area (Å²) in [7, 11) is 0. The van der Waals surface area contributed by atoms with Crippen molar-refractivity contribution in [3.8, 4) is 0 Å². The molecule has 1 aliphatic heterocycles. The summed E-state index contributed by atoms with van der Waals surface area (Å²) in [6.45, 7) is 6.47. The van der Waals surface area contributed by atoms with E-state index in [4.69, 9.17) is 4.74 Å². The van der Waals surface area contributed by atoms with Crippen molar-refractivity contribution >= 4 is 29.0 Å². The van der Waals surface area contributed by atoms with Gasteiger partial charge < -0.3 is 9.64 Å². The van der Waals surface area contributed by atoms with Crippen molar-refractivity contribution in [2.45, 2.75) is 39.7 Å². The molecule has 1 saturated heterocycles. The van der Waals surface area contributed by atoms with E-state index in [0.29, 0.717) is 36.4 Å². The summed E-state index contributed by atoms with van der Waals surface area (Å²) in [5, 5.41) is 1.88. The highest BCUT2D eigenvalue weighted by Crippen LogP contribution is 2.23. The molecule has 2 aromatic rings. The van der Waals surface area contributed by atoms with Gasteiger partial charge in [0.15, 0.2) is 6.10 Å². The molecule has 1 aliphatic rings. The first-order valence-electron chi connectivity index (χ1n) is 9.51. The molecular weight excluding hydrogens is 374 g/mol. The van der Waals surface area contributed by atoms with Gasteiger partial charge in [0.2, 0.25) is 5.78 Å². The molecule has 1 fully saturated rings. The molecule has 0 aliphatic carbocycles. The SMILES string of the molecule is Cc1ccc(C)c(C(=O)C(C)OC(=O)C2CCN(C(=O)c3cccs3)CC2)c1. The van der Waals surface area contributed by atoms with E-state index in [0.717, 1.165) is 11.1 Å². The van der Waals surface area contributed by atoms with Crippen LogP contribution in [0.1, 0.15) is 50.9 Å². The van der Waals surface area contributed by atoms with E-state index < -0.39 is 6.10 Å². The number of thiophene rings is 1. The van der Waals surface area contributed by atoms with Crippen LogP contribution in [0.2, 0.25) is 0 Å². The number of amides is 1. The zero-order valence-corrected chi connectivity index (χ0v) is 17.3. The fourth-order valence-electron chi connectivity index (χ4n) is 3.42. The third-order valence-corrected chi connectivity index (χ3v) is 6.03. The number of ketones is 1. The molecule has 148 valence electrons. The smallest absolute Gasteiger partial charge is 0.309 e. The van der Waals surface area contributed by atoms with E-state index in [1.54, 1.807) is 11.8 Å². The molecule has 0 N–H and O–H groups in total. The maximum absolute atomic E-state index is 12.7. The number of hydrogen-bond acceptors (Lipinski definition) is 5. The molecule has 0 spiro atoms. The van der Waals surface area contributed by atoms with Gasteiger partial charge >= 0.3 is 5.97 Å². The van der Waals surface area contributed by atoms with Crippen LogP contribution in [0.25, 0.3) is 0 Å². The van der Waals surface area contributed by atoms with Gasteiger partial charge in [0.25, 0.3) is 5.91 Å². The van der Waals surface area contributed by atoms with Crippen molar-refractivity contribution in [1.29, 1.82) is 0 Å². The van der Waals surface area contributed by atoms with Crippen molar-refractivity contribution < 1.29 is 19.1 Å². The molecule has 1 aromatic carbocycles. The molecule has 1 atom stereocenters. The van der Waals surface area contributed by atoms with E-state index >= 15 is 0 Å². The Labute approximate surface area is 169 Å². The molecule has 6 heteroatoms. The van der Waals surface area contributed by atoms with Crippen LogP contribution in [0.4, 0.5) is 0 Å². The molecule has 1 unspecified atom stereocenters. The number of nitrogens with zero attached hydrogens (tertiary/aromatic N) is 1. The van der Waals surface area contributed by atoms with Gasteiger partial charge in [-0.3, -0.25) is 14.4 Å². The van der Waals surface area contributed by atoms with Crippen LogP contribution in [0.5, 0.6) is 0 Å². The summed E-state index contributed by atoms with van der Waals surface area (Å²) < 4.78 is 5.48. The fraction of sp³-hybridized carbons (Fsp3) is 0.409. The van der Waals surface area contributed by atoms with Crippen LogP contribution in [0.15, 0.2) is 35.7 Å². The predicted octanol–water partition coefficient (Wildman–Crippen LogP) is 4.03. The van der Waals surface area contributed by atoms with Crippen molar-refractivity contribution in [2.24, 2.45) is 5.92 Å². The highest BCUT2D eigenvalue weighted by molar-refractivity contribution is 7.12. The average Bonchev–Trinajstić information content (AvgIpc) is 3.23. The zero-order chi connectivity index (χ0) is 20.3. The van der Waals surface area contributed by atoms with Crippen molar-refractivity contribution in [1.82, 2.24) is 4.90 Å². The van der Waals surface area contributed by atoms with E-state index in [-0.39, 0.29) is 23.6 Å². The average molecular weight is 400 g/mol. The van der Waals surface area contributed by atoms with Crippen LogP contribution >= 0.6 is 11.3 Å². The monoisotopic (exact) mass is 399 g/mol. The molecule has 0 radical (unpaired) electrons. The molecule has 5 nitrogen and oxygen atoms in total. The second-order valence-corrected chi connectivity index (χ2v) is 8.25. The number of Topliss-reactive ketones (excluding diaryl/α,β-unsaturated/α-hetero) is 1. The van der Waals surface area contributed by atoms with E-state index in [1.807, 2.05) is 49.6 Å². The first-order chi connectivity index (χ1) is 13.4. The molecule has 1 aromatic heterocycles. The van der Waals surface area contributed by atoms with Gasteiger partial charge in [-0.05, 0) is 56.7 Å². The Kier molecular flexibility index (Phi) is 6.29. The number of ether oxygens (including phenoxy) is 1. The van der Waals surface area contributed by atoms with Crippen LogP contribution in [0.3, 0.4) is 0 Å². The maximum Gasteiger partial charge on any atom is 0.309 e. The molecule has 1 amide bonds. The highest BCUT2D eigenvalue weighted by atomic mass is 32.1. The van der Waals surface area contributed by atoms with Gasteiger partial charge in [-0.1, -0.05) is 23.8 Å². The number of aryl methyl sites for hydroxylation is 2. The Morgan fingerprint density at radius 3 is 2.50 bits per heavy atom. The lowest BCUT2D eigenvalue weighted by molar-refractivity contribution is -0.152. The number of hydrogen-bond donors (Lipinski definition) is 0. The standard InChI is InChI=1S/C22H25NO4S/c1-14-6-7-15(2)18(13-14)20(24)16(3)27-22(26)17-8-10-23(11-9-17)21(25)19-5-4-12-28-19/h4-7,12-13,16-17H,8-11H2,1-3H3. The van der Waals surface area contributed by atoms with Crippen LogP contribution in [-0.2, 0) is 9.53 Å². The van der Waals surface area contributed by atoms with Crippen molar-refractivity contribution in [3.63, 3.8) is 0 Å². The minimum atomic E-state index is -0.821. The number of esters is 1. The molecule has 0 saturated carbocycles. The Bertz CT molecular complexity index is 867. The number of likely N-dealkylation sites (tertiary alicyclic amines) is 1. The quantitative estimate of drug-likeness (QED) is 0.562. The van der Waals surface area contributed by atoms with Crippen LogP contribution in [-0.4, -0.2) is 41.8 Å². The van der Waals surface area contributed by atoms with Gasteiger partial charge in [0.05, 0.1) is 10.8 Å². The first-order valence-corrected chi connectivity index (χ1v) is 10.4. The Balaban J connectivity index is 1.54. The van der Waals surface area contributed by atoms with Gasteiger partial charge in [-0.2, -0.15) is 0 Å². The summed E-state index contributed by atoms with van der Waals surface area (Å²) in [6.07, 6.45) is 0.291. The summed E-state index contributed by atoms with van der Waals surface area (Å²) in [5.74, 6) is -0.796. The molecule has 28 heavy (non-hydrogen) atoms. The van der Waals surface area contributed by atoms with Crippen LogP contribution < -0.4 is 0 Å². The fourth-order valence-corrected chi connectivity index (χ4v) is 4.11. The zero-order valence-electron chi connectivity index (χ0n) is 16.4. The first kappa shape index (κ1) is 20.3. The number of benzene rings is 1. The third kappa shape index (κ3) is 4.50. The van der Waals surface area contributed by atoms with Crippen molar-refractivity contribution in [3.05, 3.63) is 57.3 Å². The lowest BCUT2D eigenvalue weighted by Crippen LogP contribution is -2.41. The number of carbonyl (C=O) groups excluding carboxylic acids is 3. The second-order valence-electron chi connectivity index (χ2n) is 7.31. The summed E-state index contributed by atoms with van der Waals surface area (Å²) in [6, 6.07) is 9.35. The highest BCUT2D eigenvalue weighted by Gasteiger charge is 2.31. The minimum Gasteiger partial charge on any atom is -0.454 e. The normalized spacial score (nSPS) is 15.9. The van der Waals surface area contributed by atoms with E-state index in [9.17, 15) is 14.4 Å². The number of carbonyl (C=O) groups is 3. The van der Waals surface area contributed by atoms with E-state index in [2.05, 4.69) is 0 Å². The summed E-state index contributed by atoms with van der Waals surface area (Å²) in [5.41, 5.74) is 2.46. The largest absolute Gasteiger partial charge is 0.454 e. The Morgan fingerprint density at radius 2 is 1.86 bits per heavy atom.